The van der Waals surface area contributed by atoms with Gasteiger partial charge < -0.3 is 5.73 Å². The standard InChI is InChI=1S/C15H11BrClN3/c16-12-8-10(17)6-7-11(12)14-13(15(18)20-19-14)9-4-2-1-3-5-9/h1-8H,(H3,18,19,20). The van der Waals surface area contributed by atoms with Crippen LogP contribution in [-0.2, 0) is 0 Å². The molecule has 0 aliphatic heterocycles. The zero-order chi connectivity index (χ0) is 14.1. The molecule has 0 spiro atoms. The molecule has 0 fully saturated rings. The van der Waals surface area contributed by atoms with Crippen molar-refractivity contribution >= 4 is 33.3 Å². The zero-order valence-electron chi connectivity index (χ0n) is 10.4. The predicted octanol–water partition coefficient (Wildman–Crippen LogP) is 4.74. The van der Waals surface area contributed by atoms with Crippen LogP contribution in [0.3, 0.4) is 0 Å². The Morgan fingerprint density at radius 2 is 1.85 bits per heavy atom. The minimum Gasteiger partial charge on any atom is -0.382 e. The number of rotatable bonds is 2. The van der Waals surface area contributed by atoms with Crippen molar-refractivity contribution in [3.05, 3.63) is 58.0 Å². The quantitative estimate of drug-likeness (QED) is 0.702. The topological polar surface area (TPSA) is 54.7 Å². The molecule has 0 radical (unpaired) electrons. The van der Waals surface area contributed by atoms with Gasteiger partial charge in [-0.15, -0.1) is 0 Å². The van der Waals surface area contributed by atoms with Crippen LogP contribution >= 0.6 is 27.5 Å². The average molecular weight is 349 g/mol. The van der Waals surface area contributed by atoms with Crippen LogP contribution < -0.4 is 5.73 Å². The van der Waals surface area contributed by atoms with Gasteiger partial charge in [-0.25, -0.2) is 0 Å². The van der Waals surface area contributed by atoms with Crippen LogP contribution in [0.4, 0.5) is 5.82 Å². The summed E-state index contributed by atoms with van der Waals surface area (Å²) in [5.74, 6) is 0.480. The van der Waals surface area contributed by atoms with Gasteiger partial charge in [0.1, 0.15) is 0 Å². The third-order valence-electron chi connectivity index (χ3n) is 3.06. The van der Waals surface area contributed by atoms with Gasteiger partial charge in [-0.2, -0.15) is 5.10 Å². The maximum Gasteiger partial charge on any atom is 0.153 e. The third kappa shape index (κ3) is 2.32. The average Bonchev–Trinajstić information content (AvgIpc) is 2.81. The van der Waals surface area contributed by atoms with E-state index < -0.39 is 0 Å². The molecule has 0 aliphatic rings. The van der Waals surface area contributed by atoms with E-state index in [0.717, 1.165) is 26.9 Å². The summed E-state index contributed by atoms with van der Waals surface area (Å²) in [6.45, 7) is 0. The number of hydrogen-bond donors (Lipinski definition) is 2. The summed E-state index contributed by atoms with van der Waals surface area (Å²) in [4.78, 5) is 0. The summed E-state index contributed by atoms with van der Waals surface area (Å²) < 4.78 is 0.894. The third-order valence-corrected chi connectivity index (χ3v) is 3.95. The number of H-pyrrole nitrogens is 1. The summed E-state index contributed by atoms with van der Waals surface area (Å²) in [5.41, 5.74) is 9.77. The van der Waals surface area contributed by atoms with Crippen LogP contribution in [0.25, 0.3) is 22.4 Å². The minimum atomic E-state index is 0.480. The van der Waals surface area contributed by atoms with Gasteiger partial charge in [-0.1, -0.05) is 63.9 Å². The van der Waals surface area contributed by atoms with Crippen molar-refractivity contribution in [2.24, 2.45) is 0 Å². The maximum absolute atomic E-state index is 6.01. The number of hydrogen-bond acceptors (Lipinski definition) is 2. The summed E-state index contributed by atoms with van der Waals surface area (Å²) in [6, 6.07) is 15.6. The largest absolute Gasteiger partial charge is 0.382 e. The fraction of sp³-hybridized carbons (Fsp3) is 0. The van der Waals surface area contributed by atoms with Crippen LogP contribution in [0.5, 0.6) is 0 Å². The molecule has 3 aromatic rings. The number of nitrogens with one attached hydrogen (secondary N) is 1. The molecule has 20 heavy (non-hydrogen) atoms. The van der Waals surface area contributed by atoms with E-state index in [0.29, 0.717) is 10.8 Å². The second kappa shape index (κ2) is 5.31. The Hall–Kier alpha value is -1.78. The Kier molecular flexibility index (Phi) is 3.51. The molecule has 0 saturated carbocycles. The number of nitrogen functional groups attached to an aromatic ring is 1. The molecule has 1 heterocycles. The lowest BCUT2D eigenvalue weighted by Crippen LogP contribution is -1.89. The Bertz CT molecular complexity index is 753. The van der Waals surface area contributed by atoms with Crippen molar-refractivity contribution in [2.75, 3.05) is 5.73 Å². The number of aromatic amines is 1. The first-order valence-electron chi connectivity index (χ1n) is 6.01. The molecule has 2 aromatic carbocycles. The normalized spacial score (nSPS) is 10.7. The minimum absolute atomic E-state index is 0.480. The van der Waals surface area contributed by atoms with Gasteiger partial charge in [0.25, 0.3) is 0 Å². The molecule has 0 unspecified atom stereocenters. The van der Waals surface area contributed by atoms with Crippen molar-refractivity contribution in [1.82, 2.24) is 10.2 Å². The van der Waals surface area contributed by atoms with Crippen LogP contribution in [0, 0.1) is 0 Å². The predicted molar refractivity (Wildman–Crippen MR) is 86.6 cm³/mol. The highest BCUT2D eigenvalue weighted by molar-refractivity contribution is 9.10. The zero-order valence-corrected chi connectivity index (χ0v) is 12.7. The second-order valence-corrected chi connectivity index (χ2v) is 5.64. The molecule has 3 N–H and O–H groups in total. The van der Waals surface area contributed by atoms with E-state index >= 15 is 0 Å². The van der Waals surface area contributed by atoms with Gasteiger partial charge in [-0.05, 0) is 17.7 Å². The van der Waals surface area contributed by atoms with Gasteiger partial charge in [0.05, 0.1) is 11.3 Å². The Balaban J connectivity index is 2.21. The second-order valence-electron chi connectivity index (χ2n) is 4.35. The highest BCUT2D eigenvalue weighted by Crippen LogP contribution is 2.38. The molecule has 0 atom stereocenters. The molecule has 3 rings (SSSR count). The molecule has 0 aliphatic carbocycles. The summed E-state index contributed by atoms with van der Waals surface area (Å²) >= 11 is 9.51. The SMILES string of the molecule is Nc1n[nH]c(-c2ccc(Cl)cc2Br)c1-c1ccccc1. The van der Waals surface area contributed by atoms with Gasteiger partial charge in [0.2, 0.25) is 0 Å². The summed E-state index contributed by atoms with van der Waals surface area (Å²) in [5, 5.41) is 7.81. The lowest BCUT2D eigenvalue weighted by molar-refractivity contribution is 1.10. The van der Waals surface area contributed by atoms with E-state index in [1.54, 1.807) is 0 Å². The van der Waals surface area contributed by atoms with Crippen LogP contribution in [0.2, 0.25) is 5.02 Å². The van der Waals surface area contributed by atoms with E-state index in [2.05, 4.69) is 26.1 Å². The van der Waals surface area contributed by atoms with Crippen molar-refractivity contribution in [3.8, 4) is 22.4 Å². The lowest BCUT2D eigenvalue weighted by Gasteiger charge is -2.07. The number of halogens is 2. The number of benzene rings is 2. The fourth-order valence-corrected chi connectivity index (χ4v) is 3.02. The molecule has 0 bridgehead atoms. The molecule has 1 aromatic heterocycles. The first kappa shape index (κ1) is 13.2. The molecular formula is C15H11BrClN3. The Morgan fingerprint density at radius 1 is 1.10 bits per heavy atom. The lowest BCUT2D eigenvalue weighted by atomic mass is 10.0. The molecule has 100 valence electrons. The number of aromatic nitrogens is 2. The summed E-state index contributed by atoms with van der Waals surface area (Å²) in [7, 11) is 0. The van der Waals surface area contributed by atoms with Crippen molar-refractivity contribution in [1.29, 1.82) is 0 Å². The molecule has 0 amide bonds. The van der Waals surface area contributed by atoms with Crippen LogP contribution in [0.15, 0.2) is 53.0 Å². The van der Waals surface area contributed by atoms with Gasteiger partial charge in [-0.3, -0.25) is 5.10 Å². The highest BCUT2D eigenvalue weighted by atomic mass is 79.9. The van der Waals surface area contributed by atoms with Gasteiger partial charge in [0.15, 0.2) is 5.82 Å². The van der Waals surface area contributed by atoms with E-state index in [1.165, 1.54) is 0 Å². The molecule has 3 nitrogen and oxygen atoms in total. The molecule has 0 saturated heterocycles. The van der Waals surface area contributed by atoms with Crippen molar-refractivity contribution in [2.45, 2.75) is 0 Å². The monoisotopic (exact) mass is 347 g/mol. The maximum atomic E-state index is 6.01. The fourth-order valence-electron chi connectivity index (χ4n) is 2.14. The smallest absolute Gasteiger partial charge is 0.153 e. The van der Waals surface area contributed by atoms with E-state index in [1.807, 2.05) is 48.5 Å². The summed E-state index contributed by atoms with van der Waals surface area (Å²) in [6.07, 6.45) is 0. The first-order chi connectivity index (χ1) is 9.66. The van der Waals surface area contributed by atoms with Crippen molar-refractivity contribution < 1.29 is 0 Å². The first-order valence-corrected chi connectivity index (χ1v) is 7.18. The van der Waals surface area contributed by atoms with Gasteiger partial charge in [0, 0.05) is 15.1 Å². The van der Waals surface area contributed by atoms with E-state index in [-0.39, 0.29) is 0 Å². The van der Waals surface area contributed by atoms with Crippen molar-refractivity contribution in [3.63, 3.8) is 0 Å². The number of anilines is 1. The van der Waals surface area contributed by atoms with Gasteiger partial charge >= 0.3 is 0 Å². The highest BCUT2D eigenvalue weighted by Gasteiger charge is 2.16. The van der Waals surface area contributed by atoms with Crippen LogP contribution in [0.1, 0.15) is 0 Å². The van der Waals surface area contributed by atoms with E-state index in [9.17, 15) is 0 Å². The Morgan fingerprint density at radius 3 is 2.55 bits per heavy atom. The number of nitrogens with zero attached hydrogens (tertiary/aromatic N) is 1. The Labute approximate surface area is 129 Å². The van der Waals surface area contributed by atoms with Crippen LogP contribution in [-0.4, -0.2) is 10.2 Å². The molecule has 5 heteroatoms. The van der Waals surface area contributed by atoms with E-state index in [4.69, 9.17) is 17.3 Å². The number of nitrogens with two attached hydrogens (primary N) is 1. The molecular weight excluding hydrogens is 338 g/mol.